The Morgan fingerprint density at radius 1 is 0.960 bits per heavy atom. The summed E-state index contributed by atoms with van der Waals surface area (Å²) in [6.45, 7) is 8.43. The highest BCUT2D eigenvalue weighted by molar-refractivity contribution is 6.30. The number of aliphatic hydroxyl groups excluding tert-OH is 1. The summed E-state index contributed by atoms with van der Waals surface area (Å²) in [7, 11) is 0. The molecule has 0 unspecified atom stereocenters. The summed E-state index contributed by atoms with van der Waals surface area (Å²) in [5.41, 5.74) is 5.85. The molecule has 4 aromatic carbocycles. The Bertz CT molecular complexity index is 1720. The summed E-state index contributed by atoms with van der Waals surface area (Å²) in [6, 6.07) is 31.7. The van der Waals surface area contributed by atoms with E-state index >= 15 is 0 Å². The molecular weight excluding hydrogens is 652 g/mol. The molecule has 262 valence electrons. The van der Waals surface area contributed by atoms with Crippen LogP contribution in [-0.2, 0) is 33.0 Å². The molecule has 4 atom stereocenters. The average molecular weight is 697 g/mol. The van der Waals surface area contributed by atoms with Gasteiger partial charge in [0, 0.05) is 42.7 Å². The third kappa shape index (κ3) is 8.64. The molecule has 6 rings (SSSR count). The van der Waals surface area contributed by atoms with Gasteiger partial charge in [0.2, 0.25) is 0 Å². The van der Waals surface area contributed by atoms with Crippen LogP contribution in [0.25, 0.3) is 11.1 Å². The molecule has 2 heterocycles. The molecule has 50 heavy (non-hydrogen) atoms. The monoisotopic (exact) mass is 696 g/mol. The van der Waals surface area contributed by atoms with Crippen LogP contribution in [0.15, 0.2) is 110 Å². The number of likely N-dealkylation sites (tertiary alicyclic amines) is 1. The predicted molar refractivity (Wildman–Crippen MR) is 194 cm³/mol. The largest absolute Gasteiger partial charge is 0.445 e. The summed E-state index contributed by atoms with van der Waals surface area (Å²) in [4.78, 5) is 14.3. The van der Waals surface area contributed by atoms with Gasteiger partial charge in [-0.25, -0.2) is 4.79 Å². The molecule has 3 N–H and O–H groups in total. The summed E-state index contributed by atoms with van der Waals surface area (Å²) in [5, 5.41) is 24.5. The number of piperidine rings is 1. The van der Waals surface area contributed by atoms with Crippen LogP contribution in [0.3, 0.4) is 0 Å². The first-order valence-electron chi connectivity index (χ1n) is 17.2. The quantitative estimate of drug-likeness (QED) is 0.138. The van der Waals surface area contributed by atoms with Crippen LogP contribution >= 0.6 is 11.6 Å². The Balaban J connectivity index is 1.16. The normalized spacial score (nSPS) is 22.1. The van der Waals surface area contributed by atoms with Gasteiger partial charge in [0.1, 0.15) is 6.61 Å². The molecule has 2 saturated heterocycles. The number of hydrogen-bond donors (Lipinski definition) is 3. The lowest BCUT2D eigenvalue weighted by Crippen LogP contribution is -2.49. The fourth-order valence-electron chi connectivity index (χ4n) is 6.79. The number of halogens is 1. The van der Waals surface area contributed by atoms with Gasteiger partial charge in [-0.2, -0.15) is 0 Å². The van der Waals surface area contributed by atoms with Crippen LogP contribution in [-0.4, -0.2) is 53.6 Å². The number of aliphatic hydroxyl groups is 2. The lowest BCUT2D eigenvalue weighted by atomic mass is 9.84. The Kier molecular flexibility index (Phi) is 11.7. The summed E-state index contributed by atoms with van der Waals surface area (Å²) in [5.74, 6) is 0.0491. The molecule has 0 radical (unpaired) electrons. The molecule has 8 nitrogen and oxygen atoms in total. The van der Waals surface area contributed by atoms with Crippen LogP contribution in [0.5, 0.6) is 0 Å². The summed E-state index contributed by atoms with van der Waals surface area (Å²) < 4.78 is 18.5. The second kappa shape index (κ2) is 16.3. The molecule has 2 fully saturated rings. The number of alkyl carbamates (subject to hydrolysis) is 1. The third-order valence-corrected chi connectivity index (χ3v) is 10.1. The van der Waals surface area contributed by atoms with Crippen molar-refractivity contribution in [2.75, 3.05) is 26.2 Å². The lowest BCUT2D eigenvalue weighted by Gasteiger charge is -2.45. The molecule has 0 aromatic heterocycles. The average Bonchev–Trinajstić information content (AvgIpc) is 3.15. The zero-order valence-electron chi connectivity index (χ0n) is 28.3. The molecular formula is C41H45ClN2O6. The van der Waals surface area contributed by atoms with Crippen LogP contribution in [0.1, 0.15) is 60.0 Å². The van der Waals surface area contributed by atoms with Gasteiger partial charge in [-0.05, 0) is 64.4 Å². The third-order valence-electron chi connectivity index (χ3n) is 9.84. The smallest absolute Gasteiger partial charge is 0.407 e. The van der Waals surface area contributed by atoms with Crippen molar-refractivity contribution in [2.24, 2.45) is 5.92 Å². The second-order valence-electron chi connectivity index (χ2n) is 13.2. The van der Waals surface area contributed by atoms with E-state index in [1.54, 1.807) is 0 Å². The fraction of sp³-hybridized carbons (Fsp3) is 0.341. The zero-order valence-corrected chi connectivity index (χ0v) is 29.1. The topological polar surface area (TPSA) is 100 Å². The van der Waals surface area contributed by atoms with E-state index in [4.69, 9.17) is 25.8 Å². The van der Waals surface area contributed by atoms with Gasteiger partial charge in [-0.3, -0.25) is 0 Å². The molecule has 0 bridgehead atoms. The van der Waals surface area contributed by atoms with Gasteiger partial charge in [0.15, 0.2) is 6.29 Å². The van der Waals surface area contributed by atoms with Crippen molar-refractivity contribution < 1.29 is 29.2 Å². The van der Waals surface area contributed by atoms with Crippen molar-refractivity contribution in [3.05, 3.63) is 143 Å². The molecule has 4 aromatic rings. The van der Waals surface area contributed by atoms with Gasteiger partial charge < -0.3 is 34.6 Å². The Morgan fingerprint density at radius 2 is 1.66 bits per heavy atom. The van der Waals surface area contributed by atoms with Crippen LogP contribution < -0.4 is 5.32 Å². The van der Waals surface area contributed by atoms with Crippen molar-refractivity contribution in [1.82, 2.24) is 10.2 Å². The predicted octanol–water partition coefficient (Wildman–Crippen LogP) is 7.69. The molecule has 2 aliphatic heterocycles. The van der Waals surface area contributed by atoms with Gasteiger partial charge in [0.25, 0.3) is 0 Å². The van der Waals surface area contributed by atoms with E-state index in [0.29, 0.717) is 31.0 Å². The number of carbonyl (C=O) groups is 1. The standard InChI is InChI=1S/C41H45ClN2O6/c1-3-23-48-40(46)43-25-30-5-4-6-34(24-30)31-11-13-33(14-12-31)39-49-37(28(2)38(50-39)32-9-7-29(27-45)8-10-32)26-44-21-19-41(47,20-22-44)35-15-17-36(42)18-16-35/h3-18,24,28,37-39,45,47H,1,19-23,25-27H2,2H3,(H,43,46)/t28-,37+,38+,39+/m0/s1. The molecule has 0 spiro atoms. The van der Waals surface area contributed by atoms with E-state index in [-0.39, 0.29) is 31.3 Å². The Labute approximate surface area is 299 Å². The van der Waals surface area contributed by atoms with Gasteiger partial charge in [-0.15, -0.1) is 0 Å². The van der Waals surface area contributed by atoms with Crippen LogP contribution in [0.4, 0.5) is 4.79 Å². The first-order valence-corrected chi connectivity index (χ1v) is 17.5. The number of hydrogen-bond acceptors (Lipinski definition) is 7. The van der Waals surface area contributed by atoms with E-state index in [9.17, 15) is 15.0 Å². The van der Waals surface area contributed by atoms with Crippen molar-refractivity contribution in [3.8, 4) is 11.1 Å². The SMILES string of the molecule is C=CCOC(=O)NCc1cccc(-c2ccc([C@@H]3O[C@H](CN4CCC(O)(c5ccc(Cl)cc5)CC4)[C@H](C)[C@H](c4ccc(CO)cc4)O3)cc2)c1. The summed E-state index contributed by atoms with van der Waals surface area (Å²) in [6.07, 6.45) is 1.37. The minimum absolute atomic E-state index is 0.0128. The highest BCUT2D eigenvalue weighted by Crippen LogP contribution is 2.43. The number of rotatable bonds is 11. The van der Waals surface area contributed by atoms with E-state index in [1.165, 1.54) is 6.08 Å². The minimum atomic E-state index is -0.877. The maximum absolute atomic E-state index is 11.9. The minimum Gasteiger partial charge on any atom is -0.445 e. The Morgan fingerprint density at radius 3 is 2.34 bits per heavy atom. The number of nitrogens with zero attached hydrogens (tertiary/aromatic N) is 1. The van der Waals surface area contributed by atoms with Crippen molar-refractivity contribution in [3.63, 3.8) is 0 Å². The van der Waals surface area contributed by atoms with Crippen LogP contribution in [0.2, 0.25) is 5.02 Å². The van der Waals surface area contributed by atoms with Gasteiger partial charge in [0.05, 0.1) is 24.4 Å². The molecule has 2 aliphatic rings. The Hall–Kier alpha value is -4.02. The molecule has 1 amide bonds. The maximum Gasteiger partial charge on any atom is 0.407 e. The highest BCUT2D eigenvalue weighted by atomic mass is 35.5. The first-order chi connectivity index (χ1) is 24.2. The number of amides is 1. The van der Waals surface area contributed by atoms with Gasteiger partial charge in [-0.1, -0.05) is 110 Å². The van der Waals surface area contributed by atoms with Crippen LogP contribution in [0, 0.1) is 5.92 Å². The molecule has 0 saturated carbocycles. The van der Waals surface area contributed by atoms with Crippen molar-refractivity contribution >= 4 is 17.7 Å². The van der Waals surface area contributed by atoms with Gasteiger partial charge >= 0.3 is 6.09 Å². The number of benzene rings is 4. The molecule has 9 heteroatoms. The number of carbonyl (C=O) groups excluding carboxylic acids is 1. The van der Waals surface area contributed by atoms with E-state index in [1.807, 2.05) is 84.9 Å². The fourth-order valence-corrected chi connectivity index (χ4v) is 6.92. The number of ether oxygens (including phenoxy) is 3. The van der Waals surface area contributed by atoms with Crippen molar-refractivity contribution in [1.29, 1.82) is 0 Å². The van der Waals surface area contributed by atoms with E-state index < -0.39 is 18.0 Å². The second-order valence-corrected chi connectivity index (χ2v) is 13.7. The lowest BCUT2D eigenvalue weighted by molar-refractivity contribution is -0.277. The van der Waals surface area contributed by atoms with Crippen molar-refractivity contribution in [2.45, 2.75) is 57.0 Å². The molecule has 0 aliphatic carbocycles. The number of nitrogens with one attached hydrogen (secondary N) is 1. The highest BCUT2D eigenvalue weighted by Gasteiger charge is 2.41. The van der Waals surface area contributed by atoms with E-state index in [0.717, 1.165) is 52.0 Å². The first kappa shape index (κ1) is 35.8. The summed E-state index contributed by atoms with van der Waals surface area (Å²) >= 11 is 6.10. The van der Waals surface area contributed by atoms with E-state index in [2.05, 4.69) is 35.9 Å². The maximum atomic E-state index is 11.9. The zero-order chi connectivity index (χ0) is 35.1.